The first-order chi connectivity index (χ1) is 17.2. The molecule has 0 aliphatic heterocycles. The molecule has 2 amide bonds. The van der Waals surface area contributed by atoms with Crippen LogP contribution in [0.25, 0.3) is 0 Å². The van der Waals surface area contributed by atoms with Crippen molar-refractivity contribution in [3.63, 3.8) is 0 Å². The van der Waals surface area contributed by atoms with E-state index >= 15 is 0 Å². The van der Waals surface area contributed by atoms with E-state index in [1.165, 1.54) is 25.1 Å². The molecule has 0 spiro atoms. The Labute approximate surface area is 212 Å². The predicted molar refractivity (Wildman–Crippen MR) is 125 cm³/mol. The minimum absolute atomic E-state index is 0.0794. The van der Waals surface area contributed by atoms with E-state index in [9.17, 15) is 44.1 Å². The average Bonchev–Trinajstić information content (AvgIpc) is 2.80. The van der Waals surface area contributed by atoms with Crippen LogP contribution < -0.4 is 5.73 Å². The number of aliphatic hydroxyl groups excluding tert-OH is 1. The fourth-order valence-corrected chi connectivity index (χ4v) is 6.35. The second-order valence-corrected chi connectivity index (χ2v) is 10.5. The van der Waals surface area contributed by atoms with E-state index in [0.29, 0.717) is 0 Å². The van der Waals surface area contributed by atoms with Crippen molar-refractivity contribution in [1.29, 1.82) is 0 Å². The van der Waals surface area contributed by atoms with Crippen molar-refractivity contribution >= 4 is 34.9 Å². The predicted octanol–water partition coefficient (Wildman–Crippen LogP) is -2.07. The number of benzene rings is 1. The van der Waals surface area contributed by atoms with Crippen molar-refractivity contribution in [2.45, 2.75) is 30.6 Å². The molecule has 4 unspecified atom stereocenters. The number of aliphatic hydroxyl groups is 2. The molecule has 7 atom stereocenters. The van der Waals surface area contributed by atoms with E-state index < -0.39 is 82.1 Å². The number of hydrogen-bond acceptors (Lipinski definition) is 10. The maximum atomic E-state index is 13.8. The molecule has 2 saturated carbocycles. The summed E-state index contributed by atoms with van der Waals surface area (Å²) in [7, 11) is 5.87. The molecule has 2 fully saturated rings. The Morgan fingerprint density at radius 2 is 1.68 bits per heavy atom. The number of carbonyl (C=O) groups is 6. The lowest BCUT2D eigenvalue weighted by Crippen LogP contribution is -2.75. The van der Waals surface area contributed by atoms with E-state index in [1.54, 1.807) is 14.1 Å². The number of phenolic OH excluding ortho intramolecular Hbond substituents is 1. The van der Waals surface area contributed by atoms with Crippen molar-refractivity contribution in [3.05, 3.63) is 28.8 Å². The summed E-state index contributed by atoms with van der Waals surface area (Å²) < 4.78 is 0. The number of amides is 2. The Bertz CT molecular complexity index is 1260. The number of phenols is 1. The second-order valence-electron chi connectivity index (χ2n) is 10.5. The number of likely N-dealkylation sites (N-methyl/N-ethyl adjacent to an activating group) is 2. The number of primary amides is 1. The summed E-state index contributed by atoms with van der Waals surface area (Å²) >= 11 is 0. The number of fused-ring (bicyclic) bond motifs is 3. The molecule has 1 aromatic carbocycles. The second kappa shape index (κ2) is 8.82. The third kappa shape index (κ3) is 3.62. The molecule has 0 radical (unpaired) electrons. The molecular formula is C25H29N3O9. The molecule has 4 rings (SSSR count). The summed E-state index contributed by atoms with van der Waals surface area (Å²) in [5, 5.41) is 33.0. The zero-order valence-corrected chi connectivity index (χ0v) is 20.8. The van der Waals surface area contributed by atoms with E-state index in [-0.39, 0.29) is 29.5 Å². The van der Waals surface area contributed by atoms with Gasteiger partial charge in [-0.25, -0.2) is 0 Å². The van der Waals surface area contributed by atoms with Crippen LogP contribution >= 0.6 is 0 Å². The highest BCUT2D eigenvalue weighted by Crippen LogP contribution is 2.51. The SMILES string of the molecule is CN(C)C(=O)C(=O)c1ccc(O)c2c1C[C@@H]1C[C@@H]3C(N(C)C)C(O)C(C(N)=O)C(=O)[C@]3(O)C(=O)C1C2=O. The summed E-state index contributed by atoms with van der Waals surface area (Å²) in [5.74, 6) is -12.2. The standard InChI is InChI=1S/C25H29N3O9/c1-27(2)17-12-8-9-7-11-10(18(30)24(36)28(3)4)5-6-13(29)15(11)19(31)14(9)21(33)25(12,37)22(34)16(20(17)32)23(26)35/h5-6,9,12,14,16-17,20,29,32,37H,7-8H2,1-4H3,(H2,26,35)/t9-,12-,14?,16?,17?,20?,25-/m1/s1. The molecule has 3 aliphatic carbocycles. The Morgan fingerprint density at radius 1 is 1.05 bits per heavy atom. The lowest BCUT2D eigenvalue weighted by atomic mass is 9.52. The number of Topliss-reactive ketones (excluding diaryl/α,β-unsaturated/α-hetero) is 4. The van der Waals surface area contributed by atoms with E-state index in [1.807, 2.05) is 0 Å². The van der Waals surface area contributed by atoms with Crippen LogP contribution in [-0.2, 0) is 25.6 Å². The molecule has 12 heteroatoms. The summed E-state index contributed by atoms with van der Waals surface area (Å²) in [6.07, 6.45) is -1.79. The Morgan fingerprint density at radius 3 is 2.22 bits per heavy atom. The van der Waals surface area contributed by atoms with Gasteiger partial charge in [0.05, 0.1) is 17.6 Å². The molecule has 0 aromatic heterocycles. The summed E-state index contributed by atoms with van der Waals surface area (Å²) in [6.45, 7) is 0. The van der Waals surface area contributed by atoms with Crippen molar-refractivity contribution in [3.8, 4) is 5.75 Å². The minimum atomic E-state index is -2.77. The first kappa shape index (κ1) is 26.6. The Hall–Kier alpha value is -3.48. The molecular weight excluding hydrogens is 486 g/mol. The smallest absolute Gasteiger partial charge is 0.294 e. The highest BCUT2D eigenvalue weighted by atomic mass is 16.3. The third-order valence-corrected chi connectivity index (χ3v) is 8.02. The summed E-state index contributed by atoms with van der Waals surface area (Å²) in [4.78, 5) is 80.5. The van der Waals surface area contributed by atoms with Crippen molar-refractivity contribution in [2.75, 3.05) is 28.2 Å². The fraction of sp³-hybridized carbons (Fsp3) is 0.520. The fourth-order valence-electron chi connectivity index (χ4n) is 6.35. The van der Waals surface area contributed by atoms with Gasteiger partial charge < -0.3 is 30.9 Å². The van der Waals surface area contributed by atoms with Crippen LogP contribution in [0, 0.1) is 23.7 Å². The maximum Gasteiger partial charge on any atom is 0.294 e. The third-order valence-electron chi connectivity index (χ3n) is 8.02. The number of nitrogens with two attached hydrogens (primary N) is 1. The van der Waals surface area contributed by atoms with Gasteiger partial charge in [-0.05, 0) is 50.6 Å². The number of aromatic hydroxyl groups is 1. The van der Waals surface area contributed by atoms with Gasteiger partial charge in [0.15, 0.2) is 23.0 Å². The molecule has 0 heterocycles. The molecule has 12 nitrogen and oxygen atoms in total. The van der Waals surface area contributed by atoms with Gasteiger partial charge in [0.25, 0.3) is 11.7 Å². The summed E-state index contributed by atoms with van der Waals surface area (Å²) in [5.41, 5.74) is 2.26. The molecule has 3 aliphatic rings. The molecule has 198 valence electrons. The zero-order valence-electron chi connectivity index (χ0n) is 20.8. The van der Waals surface area contributed by atoms with Crippen LogP contribution in [0.5, 0.6) is 5.75 Å². The van der Waals surface area contributed by atoms with Gasteiger partial charge in [-0.1, -0.05) is 0 Å². The van der Waals surface area contributed by atoms with Crippen LogP contribution in [0.2, 0.25) is 0 Å². The topological polar surface area (TPSA) is 196 Å². The molecule has 0 bridgehead atoms. The molecule has 37 heavy (non-hydrogen) atoms. The number of ketones is 4. The lowest BCUT2D eigenvalue weighted by molar-refractivity contribution is -0.190. The average molecular weight is 516 g/mol. The highest BCUT2D eigenvalue weighted by Gasteiger charge is 2.69. The van der Waals surface area contributed by atoms with Gasteiger partial charge >= 0.3 is 0 Å². The number of hydrogen-bond donors (Lipinski definition) is 4. The first-order valence-corrected chi connectivity index (χ1v) is 11.8. The van der Waals surface area contributed by atoms with Gasteiger partial charge in [0.1, 0.15) is 11.7 Å². The number of rotatable bonds is 4. The van der Waals surface area contributed by atoms with Crippen LogP contribution in [0.1, 0.15) is 32.7 Å². The van der Waals surface area contributed by atoms with Gasteiger partial charge in [0.2, 0.25) is 5.91 Å². The Balaban J connectivity index is 1.87. The Kier molecular flexibility index (Phi) is 6.34. The van der Waals surface area contributed by atoms with Crippen LogP contribution in [0.15, 0.2) is 12.1 Å². The highest BCUT2D eigenvalue weighted by molar-refractivity contribution is 6.43. The molecule has 5 N–H and O–H groups in total. The van der Waals surface area contributed by atoms with Crippen molar-refractivity contribution in [2.24, 2.45) is 29.4 Å². The molecule has 1 aromatic rings. The van der Waals surface area contributed by atoms with Gasteiger partial charge in [-0.3, -0.25) is 28.8 Å². The molecule has 0 saturated heterocycles. The van der Waals surface area contributed by atoms with Crippen molar-refractivity contribution < 1.29 is 44.1 Å². The van der Waals surface area contributed by atoms with Gasteiger partial charge in [-0.2, -0.15) is 0 Å². The van der Waals surface area contributed by atoms with Crippen LogP contribution in [0.4, 0.5) is 0 Å². The van der Waals surface area contributed by atoms with Gasteiger partial charge in [0, 0.05) is 31.6 Å². The van der Waals surface area contributed by atoms with Crippen molar-refractivity contribution in [1.82, 2.24) is 9.80 Å². The van der Waals surface area contributed by atoms with Crippen LogP contribution in [-0.4, -0.2) is 106 Å². The van der Waals surface area contributed by atoms with Crippen LogP contribution in [0.3, 0.4) is 0 Å². The maximum absolute atomic E-state index is 13.8. The first-order valence-electron chi connectivity index (χ1n) is 11.8. The summed E-state index contributed by atoms with van der Waals surface area (Å²) in [6, 6.07) is 1.27. The minimum Gasteiger partial charge on any atom is -0.507 e. The zero-order chi connectivity index (χ0) is 27.7. The van der Waals surface area contributed by atoms with E-state index in [2.05, 4.69) is 0 Å². The normalized spacial score (nSPS) is 32.9. The largest absolute Gasteiger partial charge is 0.507 e. The number of carbonyl (C=O) groups excluding carboxylic acids is 6. The lowest BCUT2D eigenvalue weighted by Gasteiger charge is -2.54. The monoisotopic (exact) mass is 515 g/mol. The quantitative estimate of drug-likeness (QED) is 0.196. The number of nitrogens with zero attached hydrogens (tertiary/aromatic N) is 2. The van der Waals surface area contributed by atoms with Gasteiger partial charge in [-0.15, -0.1) is 0 Å². The van der Waals surface area contributed by atoms with E-state index in [0.717, 1.165) is 11.0 Å². The van der Waals surface area contributed by atoms with E-state index in [4.69, 9.17) is 5.73 Å².